The number of thioether (sulfide) groups is 1. The van der Waals surface area contributed by atoms with Crippen LogP contribution in [-0.4, -0.2) is 41.8 Å². The number of hydrogen-bond acceptors (Lipinski definition) is 7. The minimum Gasteiger partial charge on any atom is -0.416 e. The van der Waals surface area contributed by atoms with Crippen molar-refractivity contribution in [2.24, 2.45) is 5.92 Å². The molecule has 0 aliphatic carbocycles. The average molecular weight is 396 g/mol. The summed E-state index contributed by atoms with van der Waals surface area (Å²) in [4.78, 5) is 12.1. The van der Waals surface area contributed by atoms with Gasteiger partial charge in [0.1, 0.15) is 0 Å². The Balaban J connectivity index is 1.50. The highest BCUT2D eigenvalue weighted by molar-refractivity contribution is 7.99. The molecule has 1 N–H and O–H groups in total. The Morgan fingerprint density at radius 1 is 1.35 bits per heavy atom. The molecular formula is C17H21N3O4S2. The Morgan fingerprint density at radius 2 is 2.15 bits per heavy atom. The number of sulfone groups is 1. The fourth-order valence-corrected chi connectivity index (χ4v) is 5.29. The molecule has 1 fully saturated rings. The molecular weight excluding hydrogens is 374 g/mol. The van der Waals surface area contributed by atoms with E-state index >= 15 is 0 Å². The summed E-state index contributed by atoms with van der Waals surface area (Å²) in [7, 11) is -2.91. The molecule has 1 amide bonds. The summed E-state index contributed by atoms with van der Waals surface area (Å²) in [5.74, 6) is 0.871. The zero-order valence-electron chi connectivity index (χ0n) is 14.7. The van der Waals surface area contributed by atoms with E-state index in [1.165, 1.54) is 11.8 Å². The maximum absolute atomic E-state index is 12.1. The molecule has 1 aromatic carbocycles. The number of aromatic nitrogens is 2. The third-order valence-electron chi connectivity index (χ3n) is 4.23. The SMILES string of the molecule is Cc1ccc(C)c(NC(=O)CSc2nnc(C[C@H]3CCS(=O)(=O)C3)o2)c1. The van der Waals surface area contributed by atoms with Gasteiger partial charge in [-0.05, 0) is 43.4 Å². The van der Waals surface area contributed by atoms with Crippen molar-refractivity contribution >= 4 is 33.2 Å². The normalized spacial score (nSPS) is 18.8. The molecule has 140 valence electrons. The van der Waals surface area contributed by atoms with Crippen LogP contribution >= 0.6 is 11.8 Å². The number of carbonyl (C=O) groups is 1. The lowest BCUT2D eigenvalue weighted by Crippen LogP contribution is -2.14. The second-order valence-electron chi connectivity index (χ2n) is 6.59. The predicted molar refractivity (Wildman–Crippen MR) is 100 cm³/mol. The third-order valence-corrected chi connectivity index (χ3v) is 6.89. The van der Waals surface area contributed by atoms with Crippen molar-refractivity contribution in [3.8, 4) is 0 Å². The highest BCUT2D eigenvalue weighted by Gasteiger charge is 2.29. The fourth-order valence-electron chi connectivity index (χ4n) is 2.84. The first kappa shape index (κ1) is 18.9. The number of rotatable bonds is 6. The number of carbonyl (C=O) groups excluding carboxylic acids is 1. The van der Waals surface area contributed by atoms with Crippen LogP contribution in [0.4, 0.5) is 5.69 Å². The van der Waals surface area contributed by atoms with E-state index in [0.29, 0.717) is 24.0 Å². The van der Waals surface area contributed by atoms with Gasteiger partial charge in [0, 0.05) is 12.1 Å². The molecule has 7 nitrogen and oxygen atoms in total. The molecule has 1 aliphatic rings. The van der Waals surface area contributed by atoms with E-state index in [1.807, 2.05) is 32.0 Å². The van der Waals surface area contributed by atoms with Gasteiger partial charge in [0.05, 0.1) is 17.3 Å². The van der Waals surface area contributed by atoms with Crippen molar-refractivity contribution in [2.45, 2.75) is 31.9 Å². The summed E-state index contributed by atoms with van der Waals surface area (Å²) >= 11 is 1.17. The first-order valence-corrected chi connectivity index (χ1v) is 11.1. The van der Waals surface area contributed by atoms with Crippen LogP contribution in [0.15, 0.2) is 27.8 Å². The van der Waals surface area contributed by atoms with Crippen molar-refractivity contribution < 1.29 is 17.6 Å². The van der Waals surface area contributed by atoms with E-state index in [0.717, 1.165) is 16.8 Å². The Labute approximate surface area is 156 Å². The van der Waals surface area contributed by atoms with Gasteiger partial charge in [-0.3, -0.25) is 4.79 Å². The van der Waals surface area contributed by atoms with Crippen LogP contribution in [0.2, 0.25) is 0 Å². The van der Waals surface area contributed by atoms with Crippen LogP contribution in [0.3, 0.4) is 0 Å². The summed E-state index contributed by atoms with van der Waals surface area (Å²) in [5, 5.41) is 11.1. The fraction of sp³-hybridized carbons (Fsp3) is 0.471. The quantitative estimate of drug-likeness (QED) is 0.749. The topological polar surface area (TPSA) is 102 Å². The van der Waals surface area contributed by atoms with Gasteiger partial charge >= 0.3 is 0 Å². The van der Waals surface area contributed by atoms with Crippen LogP contribution in [0.1, 0.15) is 23.4 Å². The maximum atomic E-state index is 12.1. The van der Waals surface area contributed by atoms with Gasteiger partial charge in [-0.1, -0.05) is 23.9 Å². The largest absolute Gasteiger partial charge is 0.416 e. The molecule has 26 heavy (non-hydrogen) atoms. The lowest BCUT2D eigenvalue weighted by Gasteiger charge is -2.08. The van der Waals surface area contributed by atoms with Gasteiger partial charge in [0.2, 0.25) is 11.8 Å². The molecule has 0 unspecified atom stereocenters. The highest BCUT2D eigenvalue weighted by atomic mass is 32.2. The summed E-state index contributed by atoms with van der Waals surface area (Å²) in [6.07, 6.45) is 1.09. The average Bonchev–Trinajstić information content (AvgIpc) is 3.15. The Hall–Kier alpha value is -1.87. The van der Waals surface area contributed by atoms with E-state index in [9.17, 15) is 13.2 Å². The molecule has 1 saturated heterocycles. The number of amides is 1. The van der Waals surface area contributed by atoms with Gasteiger partial charge in [0.15, 0.2) is 9.84 Å². The molecule has 9 heteroatoms. The Bertz CT molecular complexity index is 908. The Morgan fingerprint density at radius 3 is 2.88 bits per heavy atom. The maximum Gasteiger partial charge on any atom is 0.277 e. The number of benzene rings is 1. The third kappa shape index (κ3) is 5.07. The number of anilines is 1. The lowest BCUT2D eigenvalue weighted by atomic mass is 10.1. The van der Waals surface area contributed by atoms with Crippen molar-refractivity contribution in [3.05, 3.63) is 35.2 Å². The molecule has 0 bridgehead atoms. The zero-order valence-corrected chi connectivity index (χ0v) is 16.3. The minimum atomic E-state index is -2.91. The van der Waals surface area contributed by atoms with Crippen LogP contribution < -0.4 is 5.32 Å². The van der Waals surface area contributed by atoms with E-state index in [2.05, 4.69) is 15.5 Å². The first-order chi connectivity index (χ1) is 12.3. The monoisotopic (exact) mass is 395 g/mol. The van der Waals surface area contributed by atoms with E-state index in [-0.39, 0.29) is 29.1 Å². The first-order valence-electron chi connectivity index (χ1n) is 8.33. The highest BCUT2D eigenvalue weighted by Crippen LogP contribution is 2.24. The predicted octanol–water partition coefficient (Wildman–Crippen LogP) is 2.39. The van der Waals surface area contributed by atoms with Gasteiger partial charge in [-0.2, -0.15) is 0 Å². The molecule has 1 aromatic heterocycles. The summed E-state index contributed by atoms with van der Waals surface area (Å²) < 4.78 is 28.5. The van der Waals surface area contributed by atoms with Gasteiger partial charge in [0.25, 0.3) is 5.22 Å². The molecule has 1 aliphatic heterocycles. The van der Waals surface area contributed by atoms with Crippen molar-refractivity contribution in [2.75, 3.05) is 22.6 Å². The smallest absolute Gasteiger partial charge is 0.277 e. The van der Waals surface area contributed by atoms with Crippen LogP contribution in [0.25, 0.3) is 0 Å². The molecule has 0 spiro atoms. The van der Waals surface area contributed by atoms with E-state index in [4.69, 9.17) is 4.42 Å². The van der Waals surface area contributed by atoms with Crippen LogP contribution in [0, 0.1) is 19.8 Å². The zero-order chi connectivity index (χ0) is 18.7. The van der Waals surface area contributed by atoms with Crippen LogP contribution in [0.5, 0.6) is 0 Å². The van der Waals surface area contributed by atoms with E-state index in [1.54, 1.807) is 0 Å². The number of nitrogens with zero attached hydrogens (tertiary/aromatic N) is 2. The second-order valence-corrected chi connectivity index (χ2v) is 9.75. The van der Waals surface area contributed by atoms with Crippen molar-refractivity contribution in [3.63, 3.8) is 0 Å². The van der Waals surface area contributed by atoms with Gasteiger partial charge in [-0.25, -0.2) is 8.42 Å². The minimum absolute atomic E-state index is 0.0332. The molecule has 3 rings (SSSR count). The van der Waals surface area contributed by atoms with Gasteiger partial charge < -0.3 is 9.73 Å². The van der Waals surface area contributed by atoms with Crippen LogP contribution in [-0.2, 0) is 21.1 Å². The Kier molecular flexibility index (Phi) is 5.67. The summed E-state index contributed by atoms with van der Waals surface area (Å²) in [6, 6.07) is 5.89. The van der Waals surface area contributed by atoms with E-state index < -0.39 is 9.84 Å². The number of nitrogens with one attached hydrogen (secondary N) is 1. The standard InChI is InChI=1S/C17H21N3O4S2/c1-11-3-4-12(2)14(7-11)18-15(21)9-25-17-20-19-16(24-17)8-13-5-6-26(22,23)10-13/h3-4,7,13H,5-6,8-10H2,1-2H3,(H,18,21)/t13-/m1/s1. The van der Waals surface area contributed by atoms with Gasteiger partial charge in [-0.15, -0.1) is 10.2 Å². The molecule has 1 atom stereocenters. The molecule has 2 aromatic rings. The molecule has 0 radical (unpaired) electrons. The number of aryl methyl sites for hydroxylation is 2. The second kappa shape index (κ2) is 7.79. The number of hydrogen-bond donors (Lipinski definition) is 1. The molecule has 0 saturated carbocycles. The summed E-state index contributed by atoms with van der Waals surface area (Å²) in [6.45, 7) is 3.91. The van der Waals surface area contributed by atoms with Crippen molar-refractivity contribution in [1.29, 1.82) is 0 Å². The molecule has 2 heterocycles. The lowest BCUT2D eigenvalue weighted by molar-refractivity contribution is -0.113. The summed E-state index contributed by atoms with van der Waals surface area (Å²) in [5.41, 5.74) is 2.87. The van der Waals surface area contributed by atoms with Crippen molar-refractivity contribution in [1.82, 2.24) is 10.2 Å².